The SMILES string of the molecule is CCc1cc(NC(=O)NC2CCCCCC2CO)n(C)n1. The number of aliphatic hydroxyl groups excluding tert-OH is 1. The zero-order valence-electron chi connectivity index (χ0n) is 12.9. The van der Waals surface area contributed by atoms with E-state index < -0.39 is 0 Å². The third kappa shape index (κ3) is 4.20. The molecule has 0 aliphatic heterocycles. The van der Waals surface area contributed by atoms with Crippen molar-refractivity contribution < 1.29 is 9.90 Å². The average molecular weight is 294 g/mol. The fraction of sp³-hybridized carbons (Fsp3) is 0.733. The molecular weight excluding hydrogens is 268 g/mol. The lowest BCUT2D eigenvalue weighted by atomic mass is 9.96. The van der Waals surface area contributed by atoms with Crippen LogP contribution in [-0.2, 0) is 13.5 Å². The molecule has 1 aliphatic rings. The number of carbonyl (C=O) groups excluding carboxylic acids is 1. The van der Waals surface area contributed by atoms with Crippen LogP contribution in [0.1, 0.15) is 44.7 Å². The first-order valence-corrected chi connectivity index (χ1v) is 7.85. The van der Waals surface area contributed by atoms with Crippen LogP contribution in [-0.4, -0.2) is 33.6 Å². The van der Waals surface area contributed by atoms with Gasteiger partial charge in [-0.3, -0.25) is 10.00 Å². The first kappa shape index (κ1) is 15.8. The Kier molecular flexibility index (Phi) is 5.61. The van der Waals surface area contributed by atoms with Crippen molar-refractivity contribution in [3.8, 4) is 0 Å². The van der Waals surface area contributed by atoms with Gasteiger partial charge in [-0.2, -0.15) is 5.10 Å². The molecule has 1 aromatic rings. The highest BCUT2D eigenvalue weighted by molar-refractivity contribution is 5.88. The Labute approximate surface area is 125 Å². The molecule has 2 unspecified atom stereocenters. The number of rotatable bonds is 4. The molecular formula is C15H26N4O2. The summed E-state index contributed by atoms with van der Waals surface area (Å²) in [5.74, 6) is 0.856. The fourth-order valence-corrected chi connectivity index (χ4v) is 2.93. The highest BCUT2D eigenvalue weighted by Crippen LogP contribution is 2.23. The van der Waals surface area contributed by atoms with E-state index in [-0.39, 0.29) is 24.6 Å². The van der Waals surface area contributed by atoms with E-state index in [4.69, 9.17) is 0 Å². The first-order valence-electron chi connectivity index (χ1n) is 7.85. The lowest BCUT2D eigenvalue weighted by molar-refractivity contribution is 0.182. The number of hydrogen-bond acceptors (Lipinski definition) is 3. The van der Waals surface area contributed by atoms with E-state index >= 15 is 0 Å². The van der Waals surface area contributed by atoms with Gasteiger partial charge in [0.2, 0.25) is 0 Å². The number of anilines is 1. The summed E-state index contributed by atoms with van der Waals surface area (Å²) in [5.41, 5.74) is 0.954. The van der Waals surface area contributed by atoms with Gasteiger partial charge < -0.3 is 10.4 Å². The molecule has 118 valence electrons. The van der Waals surface area contributed by atoms with Gasteiger partial charge in [0.1, 0.15) is 5.82 Å². The number of amides is 2. The maximum atomic E-state index is 12.2. The Balaban J connectivity index is 1.94. The second-order valence-electron chi connectivity index (χ2n) is 5.78. The summed E-state index contributed by atoms with van der Waals surface area (Å²) in [6.45, 7) is 2.17. The van der Waals surface area contributed by atoms with Crippen molar-refractivity contribution in [3.63, 3.8) is 0 Å². The molecule has 1 fully saturated rings. The average Bonchev–Trinajstić information content (AvgIpc) is 2.68. The Morgan fingerprint density at radius 3 is 2.86 bits per heavy atom. The van der Waals surface area contributed by atoms with Crippen LogP contribution in [0.25, 0.3) is 0 Å². The number of aliphatic hydroxyl groups is 1. The molecule has 1 aromatic heterocycles. The van der Waals surface area contributed by atoms with E-state index in [0.29, 0.717) is 5.82 Å². The van der Waals surface area contributed by atoms with E-state index in [9.17, 15) is 9.90 Å². The zero-order valence-corrected chi connectivity index (χ0v) is 12.9. The Morgan fingerprint density at radius 2 is 2.19 bits per heavy atom. The van der Waals surface area contributed by atoms with Crippen molar-refractivity contribution in [2.45, 2.75) is 51.5 Å². The summed E-state index contributed by atoms with van der Waals surface area (Å²) in [6, 6.07) is 1.72. The summed E-state index contributed by atoms with van der Waals surface area (Å²) in [5, 5.41) is 19.6. The number of nitrogens with zero attached hydrogens (tertiary/aromatic N) is 2. The monoisotopic (exact) mass is 294 g/mol. The van der Waals surface area contributed by atoms with Crippen molar-refractivity contribution >= 4 is 11.8 Å². The van der Waals surface area contributed by atoms with Gasteiger partial charge in [-0.15, -0.1) is 0 Å². The van der Waals surface area contributed by atoms with Gasteiger partial charge in [-0.05, 0) is 19.3 Å². The molecule has 0 aromatic carbocycles. The minimum Gasteiger partial charge on any atom is -0.396 e. The molecule has 1 saturated carbocycles. The predicted octanol–water partition coefficient (Wildman–Crippen LogP) is 2.05. The van der Waals surface area contributed by atoms with Crippen LogP contribution in [0.4, 0.5) is 10.6 Å². The normalized spacial score (nSPS) is 22.6. The van der Waals surface area contributed by atoms with Gasteiger partial charge in [0, 0.05) is 31.7 Å². The highest BCUT2D eigenvalue weighted by atomic mass is 16.3. The second kappa shape index (κ2) is 7.45. The van der Waals surface area contributed by atoms with Crippen LogP contribution < -0.4 is 10.6 Å². The van der Waals surface area contributed by atoms with Crippen molar-refractivity contribution in [3.05, 3.63) is 11.8 Å². The lowest BCUT2D eigenvalue weighted by Gasteiger charge is -2.24. The summed E-state index contributed by atoms with van der Waals surface area (Å²) in [7, 11) is 1.82. The third-order valence-electron chi connectivity index (χ3n) is 4.24. The van der Waals surface area contributed by atoms with E-state index in [2.05, 4.69) is 15.7 Å². The molecule has 2 rings (SSSR count). The topological polar surface area (TPSA) is 79.2 Å². The number of carbonyl (C=O) groups is 1. The van der Waals surface area contributed by atoms with E-state index in [1.54, 1.807) is 4.68 Å². The van der Waals surface area contributed by atoms with Gasteiger partial charge in [-0.25, -0.2) is 4.79 Å². The largest absolute Gasteiger partial charge is 0.396 e. The van der Waals surface area contributed by atoms with Gasteiger partial charge in [0.25, 0.3) is 0 Å². The second-order valence-corrected chi connectivity index (χ2v) is 5.78. The summed E-state index contributed by atoms with van der Waals surface area (Å²) >= 11 is 0. The molecule has 0 saturated heterocycles. The summed E-state index contributed by atoms with van der Waals surface area (Å²) in [4.78, 5) is 12.2. The maximum absolute atomic E-state index is 12.2. The number of aromatic nitrogens is 2. The van der Waals surface area contributed by atoms with Crippen molar-refractivity contribution in [2.75, 3.05) is 11.9 Å². The van der Waals surface area contributed by atoms with Gasteiger partial charge in [0.15, 0.2) is 0 Å². The summed E-state index contributed by atoms with van der Waals surface area (Å²) < 4.78 is 1.68. The fourth-order valence-electron chi connectivity index (χ4n) is 2.93. The van der Waals surface area contributed by atoms with Gasteiger partial charge in [0.05, 0.1) is 5.69 Å². The van der Waals surface area contributed by atoms with E-state index in [1.807, 2.05) is 20.0 Å². The maximum Gasteiger partial charge on any atom is 0.320 e. The van der Waals surface area contributed by atoms with Crippen LogP contribution in [0.5, 0.6) is 0 Å². The molecule has 21 heavy (non-hydrogen) atoms. The Morgan fingerprint density at radius 1 is 1.43 bits per heavy atom. The van der Waals surface area contributed by atoms with Crippen molar-refractivity contribution in [1.82, 2.24) is 15.1 Å². The zero-order chi connectivity index (χ0) is 15.2. The minimum atomic E-state index is -0.217. The lowest BCUT2D eigenvalue weighted by Crippen LogP contribution is -2.43. The highest BCUT2D eigenvalue weighted by Gasteiger charge is 2.24. The van der Waals surface area contributed by atoms with E-state index in [1.165, 1.54) is 6.42 Å². The smallest absolute Gasteiger partial charge is 0.320 e. The first-order chi connectivity index (χ1) is 10.1. The quantitative estimate of drug-likeness (QED) is 0.744. The molecule has 2 amide bonds. The predicted molar refractivity (Wildman–Crippen MR) is 82.2 cm³/mol. The molecule has 0 radical (unpaired) electrons. The summed E-state index contributed by atoms with van der Waals surface area (Å²) in [6.07, 6.45) is 6.17. The molecule has 6 nitrogen and oxygen atoms in total. The van der Waals surface area contributed by atoms with Crippen LogP contribution in [0, 0.1) is 5.92 Å². The Bertz CT molecular complexity index is 472. The van der Waals surface area contributed by atoms with Crippen molar-refractivity contribution in [2.24, 2.45) is 13.0 Å². The van der Waals surface area contributed by atoms with Gasteiger partial charge in [-0.1, -0.05) is 26.2 Å². The Hall–Kier alpha value is -1.56. The molecule has 3 N–H and O–H groups in total. The van der Waals surface area contributed by atoms with Crippen LogP contribution >= 0.6 is 0 Å². The molecule has 1 aliphatic carbocycles. The van der Waals surface area contributed by atoms with Crippen LogP contribution in [0.2, 0.25) is 0 Å². The molecule has 0 spiro atoms. The van der Waals surface area contributed by atoms with E-state index in [0.717, 1.165) is 37.8 Å². The van der Waals surface area contributed by atoms with Crippen LogP contribution in [0.3, 0.4) is 0 Å². The molecule has 1 heterocycles. The number of aryl methyl sites for hydroxylation is 2. The van der Waals surface area contributed by atoms with Crippen molar-refractivity contribution in [1.29, 1.82) is 0 Å². The van der Waals surface area contributed by atoms with Crippen LogP contribution in [0.15, 0.2) is 6.07 Å². The number of nitrogens with one attached hydrogen (secondary N) is 2. The minimum absolute atomic E-state index is 0.0522. The molecule has 2 atom stereocenters. The third-order valence-corrected chi connectivity index (χ3v) is 4.24. The standard InChI is InChI=1S/C15H26N4O2/c1-3-12-9-14(19(2)18-12)17-15(21)16-13-8-6-4-5-7-11(13)10-20/h9,11,13,20H,3-8,10H2,1-2H3,(H2,16,17,21). The number of urea groups is 1. The number of hydrogen-bond donors (Lipinski definition) is 3. The van der Waals surface area contributed by atoms with Gasteiger partial charge >= 0.3 is 6.03 Å². The molecule has 6 heteroatoms. The molecule has 0 bridgehead atoms.